The molecule has 2 amide bonds. The molecule has 2 N–H and O–H groups in total. The van der Waals surface area contributed by atoms with Gasteiger partial charge in [-0.1, -0.05) is 36.4 Å². The molecule has 1 aromatic heterocycles. The second-order valence-electron chi connectivity index (χ2n) is 5.66. The second kappa shape index (κ2) is 7.32. The first-order valence-electron chi connectivity index (χ1n) is 7.87. The van der Waals surface area contributed by atoms with Crippen molar-refractivity contribution in [2.75, 3.05) is 10.6 Å². The average molecular weight is 350 g/mol. The zero-order chi connectivity index (χ0) is 17.8. The quantitative estimate of drug-likeness (QED) is 0.700. The van der Waals surface area contributed by atoms with Crippen LogP contribution in [-0.4, -0.2) is 11.8 Å². The summed E-state index contributed by atoms with van der Waals surface area (Å²) in [5.74, 6) is -0.313. The third-order valence-corrected chi connectivity index (χ3v) is 4.63. The lowest BCUT2D eigenvalue weighted by molar-refractivity contribution is -0.114. The van der Waals surface area contributed by atoms with E-state index in [-0.39, 0.29) is 11.8 Å². The standard InChI is InChI=1S/C20H18N2O2S/c1-13-19(15-7-4-3-5-8-15)18(12-25-13)20(24)22-17-10-6-9-16(11-17)21-14(2)23/h3-12H,1-2H3,(H,21,23)(H,22,24). The van der Waals surface area contributed by atoms with Gasteiger partial charge in [-0.15, -0.1) is 11.3 Å². The number of hydrogen-bond acceptors (Lipinski definition) is 3. The predicted octanol–water partition coefficient (Wildman–Crippen LogP) is 4.93. The first-order chi connectivity index (χ1) is 12.0. The number of benzene rings is 2. The molecular formula is C20H18N2O2S. The Morgan fingerprint density at radius 3 is 2.28 bits per heavy atom. The summed E-state index contributed by atoms with van der Waals surface area (Å²) >= 11 is 1.56. The van der Waals surface area contributed by atoms with E-state index in [1.54, 1.807) is 35.6 Å². The van der Waals surface area contributed by atoms with E-state index in [4.69, 9.17) is 0 Å². The van der Waals surface area contributed by atoms with E-state index in [9.17, 15) is 9.59 Å². The molecule has 1 heterocycles. The number of anilines is 2. The Bertz CT molecular complexity index is 916. The molecular weight excluding hydrogens is 332 g/mol. The molecule has 25 heavy (non-hydrogen) atoms. The van der Waals surface area contributed by atoms with Gasteiger partial charge in [0.1, 0.15) is 0 Å². The van der Waals surface area contributed by atoms with Gasteiger partial charge in [0.25, 0.3) is 5.91 Å². The molecule has 0 bridgehead atoms. The number of rotatable bonds is 4. The van der Waals surface area contributed by atoms with Gasteiger partial charge in [-0.05, 0) is 30.7 Å². The van der Waals surface area contributed by atoms with E-state index in [1.807, 2.05) is 42.6 Å². The number of hydrogen-bond donors (Lipinski definition) is 2. The third-order valence-electron chi connectivity index (χ3n) is 3.72. The van der Waals surface area contributed by atoms with Gasteiger partial charge in [-0.25, -0.2) is 0 Å². The lowest BCUT2D eigenvalue weighted by Crippen LogP contribution is -2.13. The van der Waals surface area contributed by atoms with Gasteiger partial charge in [-0.3, -0.25) is 9.59 Å². The van der Waals surface area contributed by atoms with Gasteiger partial charge in [0.15, 0.2) is 0 Å². The van der Waals surface area contributed by atoms with E-state index in [0.29, 0.717) is 16.9 Å². The second-order valence-corrected chi connectivity index (χ2v) is 6.75. The first-order valence-corrected chi connectivity index (χ1v) is 8.75. The molecule has 0 aliphatic heterocycles. The van der Waals surface area contributed by atoms with Crippen molar-refractivity contribution in [1.82, 2.24) is 0 Å². The van der Waals surface area contributed by atoms with Crippen LogP contribution in [0.25, 0.3) is 11.1 Å². The number of carbonyl (C=O) groups excluding carboxylic acids is 2. The SMILES string of the molecule is CC(=O)Nc1cccc(NC(=O)c2csc(C)c2-c2ccccc2)c1. The fourth-order valence-corrected chi connectivity index (χ4v) is 3.53. The lowest BCUT2D eigenvalue weighted by Gasteiger charge is -2.09. The Kier molecular flexibility index (Phi) is 4.95. The van der Waals surface area contributed by atoms with Crippen LogP contribution < -0.4 is 10.6 Å². The summed E-state index contributed by atoms with van der Waals surface area (Å²) < 4.78 is 0. The Labute approximate surface area is 150 Å². The zero-order valence-electron chi connectivity index (χ0n) is 14.0. The molecule has 0 unspecified atom stereocenters. The Balaban J connectivity index is 1.87. The van der Waals surface area contributed by atoms with Gasteiger partial charge in [0.2, 0.25) is 5.91 Å². The zero-order valence-corrected chi connectivity index (χ0v) is 14.8. The molecule has 0 atom stereocenters. The molecule has 5 heteroatoms. The largest absolute Gasteiger partial charge is 0.326 e. The first kappa shape index (κ1) is 16.9. The molecule has 0 aliphatic rings. The number of nitrogens with one attached hydrogen (secondary N) is 2. The number of aryl methyl sites for hydroxylation is 1. The Morgan fingerprint density at radius 1 is 0.920 bits per heavy atom. The van der Waals surface area contributed by atoms with Crippen LogP contribution in [0.3, 0.4) is 0 Å². The van der Waals surface area contributed by atoms with Crippen LogP contribution in [0.4, 0.5) is 11.4 Å². The van der Waals surface area contributed by atoms with E-state index in [2.05, 4.69) is 10.6 Å². The highest BCUT2D eigenvalue weighted by Gasteiger charge is 2.17. The number of amides is 2. The van der Waals surface area contributed by atoms with Crippen LogP contribution in [0.1, 0.15) is 22.2 Å². The number of thiophene rings is 1. The fraction of sp³-hybridized carbons (Fsp3) is 0.100. The normalized spacial score (nSPS) is 10.3. The van der Waals surface area contributed by atoms with Crippen molar-refractivity contribution in [1.29, 1.82) is 0 Å². The molecule has 0 saturated carbocycles. The minimum Gasteiger partial charge on any atom is -0.326 e. The van der Waals surface area contributed by atoms with Crippen molar-refractivity contribution in [3.8, 4) is 11.1 Å². The van der Waals surface area contributed by atoms with E-state index >= 15 is 0 Å². The topological polar surface area (TPSA) is 58.2 Å². The minimum absolute atomic E-state index is 0.150. The molecule has 0 aliphatic carbocycles. The molecule has 2 aromatic carbocycles. The maximum Gasteiger partial charge on any atom is 0.257 e. The molecule has 0 spiro atoms. The molecule has 3 rings (SSSR count). The van der Waals surface area contributed by atoms with Crippen molar-refractivity contribution in [3.05, 3.63) is 70.4 Å². The summed E-state index contributed by atoms with van der Waals surface area (Å²) in [6, 6.07) is 17.0. The monoisotopic (exact) mass is 350 g/mol. The van der Waals surface area contributed by atoms with Crippen LogP contribution in [0.5, 0.6) is 0 Å². The average Bonchev–Trinajstić information content (AvgIpc) is 2.97. The minimum atomic E-state index is -0.164. The summed E-state index contributed by atoms with van der Waals surface area (Å²) in [5.41, 5.74) is 3.92. The highest BCUT2D eigenvalue weighted by molar-refractivity contribution is 7.10. The third kappa shape index (κ3) is 3.95. The van der Waals surface area contributed by atoms with Gasteiger partial charge < -0.3 is 10.6 Å². The van der Waals surface area contributed by atoms with Crippen molar-refractivity contribution >= 4 is 34.5 Å². The highest BCUT2D eigenvalue weighted by Crippen LogP contribution is 2.32. The van der Waals surface area contributed by atoms with Crippen LogP contribution in [0.15, 0.2) is 60.0 Å². The van der Waals surface area contributed by atoms with Crippen molar-refractivity contribution < 1.29 is 9.59 Å². The highest BCUT2D eigenvalue weighted by atomic mass is 32.1. The molecule has 3 aromatic rings. The Morgan fingerprint density at radius 2 is 1.60 bits per heavy atom. The molecule has 0 fully saturated rings. The number of carbonyl (C=O) groups is 2. The molecule has 126 valence electrons. The van der Waals surface area contributed by atoms with Crippen LogP contribution in [0.2, 0.25) is 0 Å². The van der Waals surface area contributed by atoms with Crippen molar-refractivity contribution in [2.45, 2.75) is 13.8 Å². The van der Waals surface area contributed by atoms with Crippen LogP contribution in [-0.2, 0) is 4.79 Å². The summed E-state index contributed by atoms with van der Waals surface area (Å²) in [7, 11) is 0. The van der Waals surface area contributed by atoms with Gasteiger partial charge in [-0.2, -0.15) is 0 Å². The van der Waals surface area contributed by atoms with Gasteiger partial charge >= 0.3 is 0 Å². The maximum atomic E-state index is 12.8. The van der Waals surface area contributed by atoms with Crippen molar-refractivity contribution in [2.24, 2.45) is 0 Å². The summed E-state index contributed by atoms with van der Waals surface area (Å²) in [4.78, 5) is 25.0. The summed E-state index contributed by atoms with van der Waals surface area (Å²) in [6.45, 7) is 3.46. The van der Waals surface area contributed by atoms with Crippen LogP contribution in [0, 0.1) is 6.92 Å². The van der Waals surface area contributed by atoms with E-state index < -0.39 is 0 Å². The van der Waals surface area contributed by atoms with E-state index in [1.165, 1.54) is 6.92 Å². The van der Waals surface area contributed by atoms with Gasteiger partial charge in [0, 0.05) is 34.1 Å². The smallest absolute Gasteiger partial charge is 0.257 e. The fourth-order valence-electron chi connectivity index (χ4n) is 2.66. The maximum absolute atomic E-state index is 12.8. The summed E-state index contributed by atoms with van der Waals surface area (Å²) in [5, 5.41) is 7.50. The van der Waals surface area contributed by atoms with E-state index in [0.717, 1.165) is 16.0 Å². The molecule has 0 saturated heterocycles. The lowest BCUT2D eigenvalue weighted by atomic mass is 10.0. The van der Waals surface area contributed by atoms with Crippen molar-refractivity contribution in [3.63, 3.8) is 0 Å². The van der Waals surface area contributed by atoms with Crippen LogP contribution >= 0.6 is 11.3 Å². The summed E-state index contributed by atoms with van der Waals surface area (Å²) in [6.07, 6.45) is 0. The molecule has 4 nitrogen and oxygen atoms in total. The van der Waals surface area contributed by atoms with Gasteiger partial charge in [0.05, 0.1) is 5.56 Å². The molecule has 0 radical (unpaired) electrons. The Hall–Kier alpha value is -2.92. The predicted molar refractivity (Wildman–Crippen MR) is 103 cm³/mol.